The van der Waals surface area contributed by atoms with Crippen LogP contribution in [-0.2, 0) is 11.2 Å². The van der Waals surface area contributed by atoms with Crippen molar-refractivity contribution in [1.82, 2.24) is 0 Å². The van der Waals surface area contributed by atoms with Crippen molar-refractivity contribution in [3.63, 3.8) is 0 Å². The molecule has 0 saturated heterocycles. The number of fused-ring (bicyclic) bond motifs is 3. The van der Waals surface area contributed by atoms with Crippen LogP contribution in [0.4, 0.5) is 0 Å². The lowest BCUT2D eigenvalue weighted by molar-refractivity contribution is -0.119. The summed E-state index contributed by atoms with van der Waals surface area (Å²) in [6, 6.07) is 7.98. The molecule has 0 fully saturated rings. The minimum Gasteiger partial charge on any atom is -0.507 e. The number of hydrogen-bond donors (Lipinski definition) is 6. The maximum absolute atomic E-state index is 14.0. The van der Waals surface area contributed by atoms with E-state index in [4.69, 9.17) is 9.15 Å². The number of phenolic OH excluding ortho intramolecular Hbond substituents is 4. The molecule has 0 bridgehead atoms. The van der Waals surface area contributed by atoms with Crippen LogP contribution in [0.2, 0.25) is 0 Å². The summed E-state index contributed by atoms with van der Waals surface area (Å²) in [4.78, 5) is 39.7. The van der Waals surface area contributed by atoms with Gasteiger partial charge in [-0.05, 0) is 66.3 Å². The molecule has 0 saturated carbocycles. The second-order valence-corrected chi connectivity index (χ2v) is 13.6. The zero-order valence-electron chi connectivity index (χ0n) is 29.1. The van der Waals surface area contributed by atoms with Crippen LogP contribution in [0.5, 0.6) is 34.5 Å². The van der Waals surface area contributed by atoms with Gasteiger partial charge in [0.05, 0.1) is 29.5 Å². The van der Waals surface area contributed by atoms with E-state index in [0.29, 0.717) is 33.9 Å². The van der Waals surface area contributed by atoms with E-state index >= 15 is 0 Å². The van der Waals surface area contributed by atoms with Crippen molar-refractivity contribution < 1.29 is 49.4 Å². The summed E-state index contributed by atoms with van der Waals surface area (Å²) in [5.74, 6) is -5.75. The number of allylic oxidation sites excluding steroid dienone is 2. The molecule has 1 aliphatic carbocycles. The molecule has 11 heteroatoms. The first-order valence-electron chi connectivity index (χ1n) is 16.4. The van der Waals surface area contributed by atoms with Crippen LogP contribution in [0, 0.1) is 19.8 Å². The number of rotatable bonds is 7. The van der Waals surface area contributed by atoms with Gasteiger partial charge in [0.1, 0.15) is 17.2 Å². The third-order valence-corrected chi connectivity index (χ3v) is 9.88. The van der Waals surface area contributed by atoms with Crippen molar-refractivity contribution in [3.05, 3.63) is 85.5 Å². The van der Waals surface area contributed by atoms with E-state index in [0.717, 1.165) is 0 Å². The fourth-order valence-corrected chi connectivity index (χ4v) is 7.61. The van der Waals surface area contributed by atoms with Crippen molar-refractivity contribution in [2.45, 2.75) is 59.8 Å². The van der Waals surface area contributed by atoms with Crippen molar-refractivity contribution in [3.8, 4) is 45.6 Å². The molecule has 0 radical (unpaired) electrons. The molecule has 1 heterocycles. The Hall–Kier alpha value is -5.97. The van der Waals surface area contributed by atoms with Crippen LogP contribution >= 0.6 is 0 Å². The summed E-state index contributed by atoms with van der Waals surface area (Å²) in [5, 5.41) is 68.9. The number of phenols is 4. The van der Waals surface area contributed by atoms with Crippen molar-refractivity contribution in [1.29, 1.82) is 0 Å². The first-order chi connectivity index (χ1) is 24.1. The third-order valence-electron chi connectivity index (χ3n) is 9.88. The molecule has 1 aromatic heterocycles. The number of carbonyl (C=O) groups is 2. The number of para-hydroxylation sites is 1. The Kier molecular flexibility index (Phi) is 8.49. The minimum absolute atomic E-state index is 0.00384. The number of aldehydes is 1. The molecule has 6 N–H and O–H groups in total. The highest BCUT2D eigenvalue weighted by Crippen LogP contribution is 2.54. The monoisotopic (exact) mass is 694 g/mol. The van der Waals surface area contributed by atoms with E-state index in [1.165, 1.54) is 13.2 Å². The Morgan fingerprint density at radius 2 is 1.47 bits per heavy atom. The van der Waals surface area contributed by atoms with Crippen molar-refractivity contribution in [2.24, 2.45) is 5.92 Å². The van der Waals surface area contributed by atoms with Crippen LogP contribution in [0.1, 0.15) is 83.3 Å². The molecule has 6 rings (SSSR count). The van der Waals surface area contributed by atoms with Crippen LogP contribution in [0.3, 0.4) is 0 Å². The van der Waals surface area contributed by atoms with Gasteiger partial charge < -0.3 is 39.8 Å². The van der Waals surface area contributed by atoms with Crippen LogP contribution in [-0.4, -0.2) is 49.8 Å². The number of Topliss-reactive ketones (excluding diaryl/α,β-unsaturated/α-hetero) is 1. The Balaban J connectivity index is 1.68. The smallest absolute Gasteiger partial charge is 0.343 e. The fraction of sp³-hybridized carbons (Fsp3) is 0.275. The summed E-state index contributed by atoms with van der Waals surface area (Å²) in [6.07, 6.45) is -0.143. The van der Waals surface area contributed by atoms with Gasteiger partial charge in [-0.15, -0.1) is 0 Å². The molecule has 11 nitrogen and oxygen atoms in total. The molecule has 1 atom stereocenters. The number of benzene rings is 4. The highest BCUT2D eigenvalue weighted by Gasteiger charge is 2.40. The number of ether oxygens (including phenoxy) is 1. The van der Waals surface area contributed by atoms with E-state index in [-0.39, 0.29) is 67.3 Å². The lowest BCUT2D eigenvalue weighted by Crippen LogP contribution is -2.27. The number of hydrogen-bond acceptors (Lipinski definition) is 11. The zero-order valence-corrected chi connectivity index (χ0v) is 29.1. The zero-order chi connectivity index (χ0) is 37.4. The van der Waals surface area contributed by atoms with Gasteiger partial charge in [0, 0.05) is 33.2 Å². The van der Waals surface area contributed by atoms with E-state index in [1.807, 2.05) is 0 Å². The average Bonchev–Trinajstić information content (AvgIpc) is 3.06. The second-order valence-electron chi connectivity index (χ2n) is 13.6. The molecule has 51 heavy (non-hydrogen) atoms. The normalized spacial score (nSPS) is 14.6. The Labute approximate surface area is 292 Å². The van der Waals surface area contributed by atoms with Crippen LogP contribution in [0.15, 0.2) is 45.3 Å². The van der Waals surface area contributed by atoms with E-state index in [2.05, 4.69) is 0 Å². The molecular weight excluding hydrogens is 656 g/mol. The highest BCUT2D eigenvalue weighted by atomic mass is 16.5. The topological polar surface area (TPSA) is 195 Å². The lowest BCUT2D eigenvalue weighted by atomic mass is 9.73. The molecule has 4 aromatic carbocycles. The summed E-state index contributed by atoms with van der Waals surface area (Å²) < 4.78 is 10.8. The fourth-order valence-electron chi connectivity index (χ4n) is 7.61. The summed E-state index contributed by atoms with van der Waals surface area (Å²) in [5.41, 5.74) is 0.477. The van der Waals surface area contributed by atoms with Gasteiger partial charge in [0.2, 0.25) is 5.78 Å². The maximum atomic E-state index is 14.0. The van der Waals surface area contributed by atoms with Gasteiger partial charge in [-0.2, -0.15) is 0 Å². The molecule has 0 amide bonds. The number of methoxy groups -OCH3 is 1. The largest absolute Gasteiger partial charge is 0.507 e. The second kappa shape index (κ2) is 12.4. The number of carbonyl (C=O) groups excluding carboxylic acids is 2. The summed E-state index contributed by atoms with van der Waals surface area (Å²) in [7, 11) is 1.38. The lowest BCUT2D eigenvalue weighted by Gasteiger charge is -2.31. The molecule has 0 spiro atoms. The standard InChI is InChI=1S/C40H38O11/c1-15(2)26-20-11-17(5)28(29-18(6)12-21-27(16(3)4)38(48)34(44)24(14-41)31(21)36(29)46)35(45)30(20)22(33(43)37(26)47)13-23-32(42)19-9-8-10-25(50-7)39(19)51-40(23)49/h8-12,14-16,22,42,44-48H,13H2,1-7H3. The van der Waals surface area contributed by atoms with E-state index in [9.17, 15) is 45.0 Å². The van der Waals surface area contributed by atoms with Crippen LogP contribution in [0.25, 0.3) is 38.4 Å². The van der Waals surface area contributed by atoms with Crippen molar-refractivity contribution >= 4 is 39.4 Å². The summed E-state index contributed by atoms with van der Waals surface area (Å²) in [6.45, 7) is 10.5. The van der Waals surface area contributed by atoms with Gasteiger partial charge in [-0.25, -0.2) is 4.79 Å². The minimum atomic E-state index is -1.39. The number of aliphatic hydroxyl groups is 1. The maximum Gasteiger partial charge on any atom is 0.343 e. The van der Waals surface area contributed by atoms with Gasteiger partial charge >= 0.3 is 5.63 Å². The number of aromatic hydroxyl groups is 5. The Bertz CT molecular complexity index is 2430. The number of ketones is 1. The highest BCUT2D eigenvalue weighted by molar-refractivity contribution is 6.12. The number of aliphatic hydroxyl groups excluding tert-OH is 1. The Morgan fingerprint density at radius 1 is 0.824 bits per heavy atom. The molecule has 1 aliphatic rings. The van der Waals surface area contributed by atoms with E-state index < -0.39 is 58.3 Å². The quantitative estimate of drug-likeness (QED) is 0.0560. The SMILES string of the molecule is COc1cccc2c(O)c(CC3C(=O)C(O)=C(C(C)C)c4cc(C)c(-c5c(C)cc6c(C(C)C)c(O)c(O)c(C=O)c6c5O)c(O)c43)c(=O)oc12. The Morgan fingerprint density at radius 3 is 2.08 bits per heavy atom. The molecular formula is C40H38O11. The van der Waals surface area contributed by atoms with Crippen LogP contribution < -0.4 is 10.4 Å². The van der Waals surface area contributed by atoms with Crippen molar-refractivity contribution in [2.75, 3.05) is 7.11 Å². The van der Waals surface area contributed by atoms with E-state index in [1.54, 1.807) is 65.8 Å². The number of aryl methyl sites for hydroxylation is 2. The summed E-state index contributed by atoms with van der Waals surface area (Å²) >= 11 is 0. The predicted molar refractivity (Wildman–Crippen MR) is 192 cm³/mol. The molecule has 0 aliphatic heterocycles. The van der Waals surface area contributed by atoms with Gasteiger partial charge in [-0.3, -0.25) is 9.59 Å². The first kappa shape index (κ1) is 34.9. The molecule has 264 valence electrons. The molecule has 1 unspecified atom stereocenters. The third kappa shape index (κ3) is 5.06. The first-order valence-corrected chi connectivity index (χ1v) is 16.4. The average molecular weight is 695 g/mol. The molecule has 5 aromatic rings. The van der Waals surface area contributed by atoms with Gasteiger partial charge in [-0.1, -0.05) is 45.9 Å². The predicted octanol–water partition coefficient (Wildman–Crippen LogP) is 7.54. The van der Waals surface area contributed by atoms with Gasteiger partial charge in [0.15, 0.2) is 34.9 Å². The van der Waals surface area contributed by atoms with Gasteiger partial charge in [0.25, 0.3) is 0 Å².